The van der Waals surface area contributed by atoms with Crippen LogP contribution in [0.1, 0.15) is 33.6 Å². The largest absolute Gasteiger partial charge is 0.481 e. The summed E-state index contributed by atoms with van der Waals surface area (Å²) in [5.74, 6) is -4.41. The number of nitrogens with one attached hydrogen (secondary N) is 3. The molecule has 4 unspecified atom stereocenters. The summed E-state index contributed by atoms with van der Waals surface area (Å²) in [7, 11) is 0. The van der Waals surface area contributed by atoms with Crippen LogP contribution in [0.3, 0.4) is 0 Å². The van der Waals surface area contributed by atoms with E-state index in [0.29, 0.717) is 5.75 Å². The number of thioether (sulfide) groups is 1. The molecule has 3 amide bonds. The molecule has 7 N–H and O–H groups in total. The van der Waals surface area contributed by atoms with Crippen molar-refractivity contribution in [3.05, 3.63) is 0 Å². The van der Waals surface area contributed by atoms with E-state index < -0.39 is 60.2 Å². The molecule has 0 aromatic heterocycles. The fourth-order valence-corrected chi connectivity index (χ4v) is 2.71. The van der Waals surface area contributed by atoms with Gasteiger partial charge in [0.15, 0.2) is 0 Å². The Kier molecular flexibility index (Phi) is 11.9. The fraction of sp³-hybridized carbons (Fsp3) is 0.706. The third kappa shape index (κ3) is 10.1. The monoisotopic (exact) mass is 434 g/mol. The van der Waals surface area contributed by atoms with E-state index in [0.717, 1.165) is 0 Å². The smallest absolute Gasteiger partial charge is 0.326 e. The number of nitrogens with two attached hydrogens (primary N) is 1. The van der Waals surface area contributed by atoms with Gasteiger partial charge in [0, 0.05) is 0 Å². The number of carbonyl (C=O) groups excluding carboxylic acids is 3. The third-order valence-electron chi connectivity index (χ3n) is 3.96. The predicted octanol–water partition coefficient (Wildman–Crippen LogP) is -1.24. The highest BCUT2D eigenvalue weighted by Gasteiger charge is 2.30. The Balaban J connectivity index is 5.04. The molecule has 29 heavy (non-hydrogen) atoms. The summed E-state index contributed by atoms with van der Waals surface area (Å²) < 4.78 is 0. The average Bonchev–Trinajstić information content (AvgIpc) is 2.61. The van der Waals surface area contributed by atoms with Crippen LogP contribution in [0.2, 0.25) is 0 Å². The van der Waals surface area contributed by atoms with Gasteiger partial charge in [-0.25, -0.2) is 4.79 Å². The number of aliphatic carboxylic acids is 2. The van der Waals surface area contributed by atoms with Crippen LogP contribution in [0.15, 0.2) is 0 Å². The molecule has 0 rings (SSSR count). The summed E-state index contributed by atoms with van der Waals surface area (Å²) in [5.41, 5.74) is 5.45. The molecule has 0 aliphatic heterocycles. The summed E-state index contributed by atoms with van der Waals surface area (Å²) in [4.78, 5) is 58.6. The zero-order valence-corrected chi connectivity index (χ0v) is 17.7. The molecule has 0 bridgehead atoms. The van der Waals surface area contributed by atoms with Crippen LogP contribution in [0.25, 0.3) is 0 Å². The number of carboxylic acid groups (broad SMARTS) is 2. The van der Waals surface area contributed by atoms with Crippen molar-refractivity contribution >= 4 is 41.4 Å². The van der Waals surface area contributed by atoms with E-state index in [9.17, 15) is 29.1 Å². The highest BCUT2D eigenvalue weighted by atomic mass is 32.2. The normalized spacial score (nSPS) is 15.0. The van der Waals surface area contributed by atoms with Gasteiger partial charge in [-0.15, -0.1) is 0 Å². The van der Waals surface area contributed by atoms with Crippen molar-refractivity contribution in [1.29, 1.82) is 0 Å². The second kappa shape index (κ2) is 13.0. The highest BCUT2D eigenvalue weighted by Crippen LogP contribution is 2.06. The van der Waals surface area contributed by atoms with Crippen LogP contribution in [0.5, 0.6) is 0 Å². The van der Waals surface area contributed by atoms with E-state index in [2.05, 4.69) is 16.0 Å². The van der Waals surface area contributed by atoms with Crippen molar-refractivity contribution in [2.45, 2.75) is 57.8 Å². The van der Waals surface area contributed by atoms with Gasteiger partial charge >= 0.3 is 11.9 Å². The van der Waals surface area contributed by atoms with Gasteiger partial charge < -0.3 is 31.9 Å². The molecule has 12 heteroatoms. The maximum Gasteiger partial charge on any atom is 0.326 e. The van der Waals surface area contributed by atoms with Gasteiger partial charge in [0.05, 0.1) is 12.5 Å². The van der Waals surface area contributed by atoms with Crippen molar-refractivity contribution in [1.82, 2.24) is 16.0 Å². The molecule has 0 heterocycles. The van der Waals surface area contributed by atoms with Crippen molar-refractivity contribution < 1.29 is 34.2 Å². The van der Waals surface area contributed by atoms with Gasteiger partial charge in [-0.2, -0.15) is 11.8 Å². The minimum Gasteiger partial charge on any atom is -0.481 e. The molecule has 0 saturated heterocycles. The molecule has 0 radical (unpaired) electrons. The summed E-state index contributed by atoms with van der Waals surface area (Å²) in [6.07, 6.45) is 1.48. The van der Waals surface area contributed by atoms with Gasteiger partial charge in [-0.1, -0.05) is 13.8 Å². The quantitative estimate of drug-likeness (QED) is 0.206. The summed E-state index contributed by atoms with van der Waals surface area (Å²) >= 11 is 1.45. The molecule has 0 saturated carbocycles. The first-order valence-electron chi connectivity index (χ1n) is 9.00. The maximum atomic E-state index is 12.5. The standard InChI is InChI=1S/C17H30N4O7S/c1-8(2)13(17(27)28)21-16(26)11(5-6-29-4)20-14(24)9(3)19-15(25)10(18)7-12(22)23/h8-11,13H,5-7,18H2,1-4H3,(H,19,25)(H,20,24)(H,21,26)(H,22,23)(H,27,28). The van der Waals surface area contributed by atoms with Crippen molar-refractivity contribution in [2.75, 3.05) is 12.0 Å². The Bertz CT molecular complexity index is 615. The number of hydrogen-bond acceptors (Lipinski definition) is 7. The van der Waals surface area contributed by atoms with Crippen LogP contribution in [-0.4, -0.2) is 76.0 Å². The van der Waals surface area contributed by atoms with Crippen LogP contribution < -0.4 is 21.7 Å². The minimum absolute atomic E-state index is 0.252. The highest BCUT2D eigenvalue weighted by molar-refractivity contribution is 7.98. The van der Waals surface area contributed by atoms with E-state index in [4.69, 9.17) is 10.8 Å². The topological polar surface area (TPSA) is 188 Å². The molecule has 0 aliphatic carbocycles. The van der Waals surface area contributed by atoms with Gasteiger partial charge in [0.25, 0.3) is 0 Å². The van der Waals surface area contributed by atoms with E-state index in [1.807, 2.05) is 6.26 Å². The van der Waals surface area contributed by atoms with Crippen LogP contribution >= 0.6 is 11.8 Å². The van der Waals surface area contributed by atoms with Crippen molar-refractivity contribution in [3.63, 3.8) is 0 Å². The zero-order chi connectivity index (χ0) is 22.7. The first-order valence-corrected chi connectivity index (χ1v) is 10.4. The predicted molar refractivity (Wildman–Crippen MR) is 107 cm³/mol. The van der Waals surface area contributed by atoms with Gasteiger partial charge in [0.2, 0.25) is 17.7 Å². The Morgan fingerprint density at radius 3 is 1.97 bits per heavy atom. The first kappa shape index (κ1) is 26.7. The molecule has 0 aliphatic rings. The lowest BCUT2D eigenvalue weighted by Gasteiger charge is -2.24. The summed E-state index contributed by atoms with van der Waals surface area (Å²) in [6, 6.07) is -4.50. The average molecular weight is 435 g/mol. The summed E-state index contributed by atoms with van der Waals surface area (Å²) in [6.45, 7) is 4.65. The minimum atomic E-state index is -1.32. The molecule has 0 fully saturated rings. The van der Waals surface area contributed by atoms with Gasteiger partial charge in [-0.3, -0.25) is 19.2 Å². The summed E-state index contributed by atoms with van der Waals surface area (Å²) in [5, 5.41) is 25.1. The Morgan fingerprint density at radius 1 is 0.931 bits per heavy atom. The van der Waals surface area contributed by atoms with Crippen LogP contribution in [0.4, 0.5) is 0 Å². The number of carbonyl (C=O) groups is 5. The second-order valence-electron chi connectivity index (χ2n) is 6.85. The lowest BCUT2D eigenvalue weighted by Crippen LogP contribution is -2.57. The van der Waals surface area contributed by atoms with Gasteiger partial charge in [0.1, 0.15) is 18.1 Å². The molecular formula is C17H30N4O7S. The second-order valence-corrected chi connectivity index (χ2v) is 7.83. The first-order chi connectivity index (χ1) is 13.4. The van der Waals surface area contributed by atoms with Crippen LogP contribution in [-0.2, 0) is 24.0 Å². The molecule has 0 spiro atoms. The Morgan fingerprint density at radius 2 is 1.52 bits per heavy atom. The van der Waals surface area contributed by atoms with Crippen molar-refractivity contribution in [3.8, 4) is 0 Å². The zero-order valence-electron chi connectivity index (χ0n) is 16.9. The Hall–Kier alpha value is -2.34. The van der Waals surface area contributed by atoms with Gasteiger partial charge in [-0.05, 0) is 31.3 Å². The van der Waals surface area contributed by atoms with E-state index in [-0.39, 0.29) is 12.3 Å². The number of amides is 3. The molecule has 166 valence electrons. The maximum absolute atomic E-state index is 12.5. The lowest BCUT2D eigenvalue weighted by atomic mass is 10.0. The number of rotatable bonds is 13. The molecule has 0 aromatic rings. The molecule has 4 atom stereocenters. The number of hydrogen-bond donors (Lipinski definition) is 6. The SMILES string of the molecule is CSCCC(NC(=O)C(C)NC(=O)C(N)CC(=O)O)C(=O)NC(C(=O)O)C(C)C. The fourth-order valence-electron chi connectivity index (χ4n) is 2.24. The molecule has 11 nitrogen and oxygen atoms in total. The van der Waals surface area contributed by atoms with E-state index in [1.54, 1.807) is 13.8 Å². The lowest BCUT2D eigenvalue weighted by molar-refractivity contribution is -0.143. The van der Waals surface area contributed by atoms with E-state index in [1.165, 1.54) is 18.7 Å². The molecular weight excluding hydrogens is 404 g/mol. The molecule has 0 aromatic carbocycles. The Labute approximate surface area is 173 Å². The number of carboxylic acids is 2. The van der Waals surface area contributed by atoms with E-state index >= 15 is 0 Å². The third-order valence-corrected chi connectivity index (χ3v) is 4.60. The van der Waals surface area contributed by atoms with Crippen molar-refractivity contribution in [2.24, 2.45) is 11.7 Å². The van der Waals surface area contributed by atoms with Crippen LogP contribution in [0, 0.1) is 5.92 Å².